The van der Waals surface area contributed by atoms with Gasteiger partial charge in [0.1, 0.15) is 17.6 Å². The van der Waals surface area contributed by atoms with Crippen LogP contribution in [0.1, 0.15) is 5.56 Å². The molecule has 8 heteroatoms. The van der Waals surface area contributed by atoms with Crippen molar-refractivity contribution in [2.75, 3.05) is 6.61 Å². The van der Waals surface area contributed by atoms with Gasteiger partial charge in [-0.3, -0.25) is 4.79 Å². The highest BCUT2D eigenvalue weighted by Crippen LogP contribution is 2.37. The lowest BCUT2D eigenvalue weighted by Crippen LogP contribution is -2.15. The minimum atomic E-state index is -4.86. The Labute approximate surface area is 144 Å². The molecule has 0 saturated heterocycles. The Balaban J connectivity index is 2.25. The topological polar surface area (TPSA) is 76.7 Å². The number of carboxylic acids is 1. The lowest BCUT2D eigenvalue weighted by Gasteiger charge is -2.13. The predicted molar refractivity (Wildman–Crippen MR) is 86.1 cm³/mol. The monoisotopic (exact) mass is 364 g/mol. The summed E-state index contributed by atoms with van der Waals surface area (Å²) in [6.07, 6.45) is -3.79. The first-order valence-corrected chi connectivity index (χ1v) is 7.34. The predicted octanol–water partition coefficient (Wildman–Crippen LogP) is 3.94. The molecule has 0 fully saturated rings. The van der Waals surface area contributed by atoms with E-state index < -0.39 is 35.1 Å². The fourth-order valence-electron chi connectivity index (χ4n) is 2.50. The summed E-state index contributed by atoms with van der Waals surface area (Å²) in [6, 6.07) is 9.81. The Morgan fingerprint density at radius 1 is 1.15 bits per heavy atom. The number of benzene rings is 2. The highest BCUT2D eigenvalue weighted by Gasteiger charge is 2.35. The van der Waals surface area contributed by atoms with Crippen LogP contribution >= 0.6 is 0 Å². The second-order valence-corrected chi connectivity index (χ2v) is 5.37. The van der Waals surface area contributed by atoms with E-state index in [1.54, 1.807) is 30.3 Å². The average Bonchev–Trinajstić information content (AvgIpc) is 2.59. The van der Waals surface area contributed by atoms with Crippen molar-refractivity contribution in [2.45, 2.75) is 6.18 Å². The molecule has 0 unspecified atom stereocenters. The lowest BCUT2D eigenvalue weighted by atomic mass is 10.0. The molecule has 134 valence electrons. The highest BCUT2D eigenvalue weighted by atomic mass is 19.4. The van der Waals surface area contributed by atoms with Gasteiger partial charge in [-0.2, -0.15) is 13.2 Å². The van der Waals surface area contributed by atoms with E-state index in [0.717, 1.165) is 12.3 Å². The molecule has 1 heterocycles. The first-order valence-electron chi connectivity index (χ1n) is 7.34. The summed E-state index contributed by atoms with van der Waals surface area (Å²) in [6.45, 7) is -0.824. The summed E-state index contributed by atoms with van der Waals surface area (Å²) in [5.41, 5.74) is -2.02. The van der Waals surface area contributed by atoms with Crippen LogP contribution in [-0.2, 0) is 11.0 Å². The average molecular weight is 364 g/mol. The Hall–Kier alpha value is -3.29. The minimum Gasteiger partial charge on any atom is -0.482 e. The van der Waals surface area contributed by atoms with Crippen molar-refractivity contribution in [3.8, 4) is 16.9 Å². The van der Waals surface area contributed by atoms with Crippen molar-refractivity contribution in [2.24, 2.45) is 0 Å². The number of alkyl halides is 3. The normalized spacial score (nSPS) is 11.5. The second kappa shape index (κ2) is 6.55. The van der Waals surface area contributed by atoms with Crippen LogP contribution < -0.4 is 10.2 Å². The molecule has 26 heavy (non-hydrogen) atoms. The quantitative estimate of drug-likeness (QED) is 0.759. The summed E-state index contributed by atoms with van der Waals surface area (Å²) < 4.78 is 50.4. The van der Waals surface area contributed by atoms with E-state index in [9.17, 15) is 22.8 Å². The van der Waals surface area contributed by atoms with Crippen molar-refractivity contribution in [1.29, 1.82) is 0 Å². The number of aliphatic carboxylic acids is 1. The van der Waals surface area contributed by atoms with Gasteiger partial charge < -0.3 is 14.3 Å². The second-order valence-electron chi connectivity index (χ2n) is 5.37. The van der Waals surface area contributed by atoms with Gasteiger partial charge in [-0.15, -0.1) is 0 Å². The number of ether oxygens (including phenoxy) is 1. The van der Waals surface area contributed by atoms with E-state index >= 15 is 0 Å². The molecule has 0 radical (unpaired) electrons. The van der Waals surface area contributed by atoms with E-state index in [2.05, 4.69) is 0 Å². The molecule has 0 spiro atoms. The van der Waals surface area contributed by atoms with Gasteiger partial charge in [0, 0.05) is 6.07 Å². The lowest BCUT2D eigenvalue weighted by molar-refractivity contribution is -0.139. The summed E-state index contributed by atoms with van der Waals surface area (Å²) in [4.78, 5) is 23.2. The summed E-state index contributed by atoms with van der Waals surface area (Å²) >= 11 is 0. The Bertz CT molecular complexity index is 1020. The summed E-state index contributed by atoms with van der Waals surface area (Å²) in [7, 11) is 0. The van der Waals surface area contributed by atoms with Crippen LogP contribution in [-0.4, -0.2) is 17.7 Å². The zero-order chi connectivity index (χ0) is 18.9. The number of fused-ring (bicyclic) bond motifs is 1. The molecular formula is C18H11F3O5. The van der Waals surface area contributed by atoms with Crippen LogP contribution in [0.3, 0.4) is 0 Å². The number of hydrogen-bond donors (Lipinski definition) is 1. The fraction of sp³-hybridized carbons (Fsp3) is 0.111. The first-order chi connectivity index (χ1) is 12.3. The molecule has 5 nitrogen and oxygen atoms in total. The summed E-state index contributed by atoms with van der Waals surface area (Å²) in [5, 5.41) is 7.97. The fourth-order valence-corrected chi connectivity index (χ4v) is 2.50. The maximum Gasteiger partial charge on any atom is 0.417 e. The molecule has 0 atom stereocenters. The molecule has 0 bridgehead atoms. The zero-order valence-corrected chi connectivity index (χ0v) is 13.0. The number of hydrogen-bond acceptors (Lipinski definition) is 4. The van der Waals surface area contributed by atoms with E-state index in [-0.39, 0.29) is 16.9 Å². The molecule has 0 aliphatic heterocycles. The van der Waals surface area contributed by atoms with Gasteiger partial charge in [0.05, 0.1) is 16.5 Å². The first kappa shape index (κ1) is 17.5. The van der Waals surface area contributed by atoms with Crippen LogP contribution in [0.25, 0.3) is 22.1 Å². The van der Waals surface area contributed by atoms with Gasteiger partial charge in [-0.25, -0.2) is 4.79 Å². The smallest absolute Gasteiger partial charge is 0.417 e. The van der Waals surface area contributed by atoms with Crippen LogP contribution in [0.4, 0.5) is 13.2 Å². The van der Waals surface area contributed by atoms with Crippen molar-refractivity contribution in [1.82, 2.24) is 0 Å². The van der Waals surface area contributed by atoms with Gasteiger partial charge in [-0.1, -0.05) is 30.3 Å². The van der Waals surface area contributed by atoms with E-state index in [1.807, 2.05) is 0 Å². The van der Waals surface area contributed by atoms with Crippen molar-refractivity contribution in [3.05, 3.63) is 64.5 Å². The molecule has 1 N–H and O–H groups in total. The maximum absolute atomic E-state index is 13.5. The maximum atomic E-state index is 13.5. The van der Waals surface area contributed by atoms with E-state index in [1.165, 1.54) is 0 Å². The zero-order valence-electron chi connectivity index (χ0n) is 13.0. The largest absolute Gasteiger partial charge is 0.482 e. The van der Waals surface area contributed by atoms with Gasteiger partial charge in [0.2, 0.25) is 5.43 Å². The molecule has 0 aliphatic carbocycles. The molecular weight excluding hydrogens is 353 g/mol. The SMILES string of the molecule is O=C(O)COc1cc(C(F)(F)F)c2c(=O)c(-c3ccccc3)coc2c1. The number of halogens is 3. The van der Waals surface area contributed by atoms with Crippen LogP contribution in [0, 0.1) is 0 Å². The minimum absolute atomic E-state index is 0.0113. The third-order valence-electron chi connectivity index (χ3n) is 3.60. The molecule has 0 saturated carbocycles. The number of carbonyl (C=O) groups is 1. The molecule has 1 aromatic heterocycles. The molecule has 3 rings (SSSR count). The number of carboxylic acid groups (broad SMARTS) is 1. The third kappa shape index (κ3) is 3.39. The Morgan fingerprint density at radius 3 is 2.46 bits per heavy atom. The highest BCUT2D eigenvalue weighted by molar-refractivity contribution is 5.86. The Morgan fingerprint density at radius 2 is 1.85 bits per heavy atom. The van der Waals surface area contributed by atoms with Crippen molar-refractivity contribution >= 4 is 16.9 Å². The van der Waals surface area contributed by atoms with Gasteiger partial charge in [0.25, 0.3) is 0 Å². The molecule has 2 aromatic carbocycles. The van der Waals surface area contributed by atoms with Gasteiger partial charge in [0.15, 0.2) is 6.61 Å². The molecule has 0 amide bonds. The summed E-state index contributed by atoms with van der Waals surface area (Å²) in [5.74, 6) is -1.71. The van der Waals surface area contributed by atoms with Gasteiger partial charge in [-0.05, 0) is 11.6 Å². The molecule has 0 aliphatic rings. The van der Waals surface area contributed by atoms with Crippen molar-refractivity contribution < 1.29 is 32.2 Å². The molecule has 3 aromatic rings. The van der Waals surface area contributed by atoms with Gasteiger partial charge >= 0.3 is 12.1 Å². The standard InChI is InChI=1S/C18H11F3O5/c19-18(20,21)13-6-11(25-9-15(22)23)7-14-16(13)17(24)12(8-26-14)10-4-2-1-3-5-10/h1-8H,9H2,(H,22,23). The van der Waals surface area contributed by atoms with Crippen molar-refractivity contribution in [3.63, 3.8) is 0 Å². The number of rotatable bonds is 4. The van der Waals surface area contributed by atoms with Crippen LogP contribution in [0.5, 0.6) is 5.75 Å². The van der Waals surface area contributed by atoms with E-state index in [4.69, 9.17) is 14.3 Å². The van der Waals surface area contributed by atoms with Crippen LogP contribution in [0.2, 0.25) is 0 Å². The Kier molecular flexibility index (Phi) is 4.41. The van der Waals surface area contributed by atoms with Crippen LogP contribution in [0.15, 0.2) is 57.9 Å². The third-order valence-corrected chi connectivity index (χ3v) is 3.60. The van der Waals surface area contributed by atoms with E-state index in [0.29, 0.717) is 11.6 Å².